The summed E-state index contributed by atoms with van der Waals surface area (Å²) in [6.07, 6.45) is 2.57. The molecule has 2 aromatic carbocycles. The van der Waals surface area contributed by atoms with Crippen LogP contribution in [0.4, 0.5) is 10.1 Å². The van der Waals surface area contributed by atoms with Crippen molar-refractivity contribution >= 4 is 29.1 Å². The zero-order valence-corrected chi connectivity index (χ0v) is 20.1. The van der Waals surface area contributed by atoms with Gasteiger partial charge in [-0.15, -0.1) is 0 Å². The molecule has 5 rings (SSSR count). The number of nitrogens with one attached hydrogen (secondary N) is 1. The lowest BCUT2D eigenvalue weighted by molar-refractivity contribution is -0.121. The summed E-state index contributed by atoms with van der Waals surface area (Å²) in [7, 11) is 0. The Morgan fingerprint density at radius 3 is 2.60 bits per heavy atom. The number of anilines is 1. The number of carbonyl (C=O) groups is 2. The van der Waals surface area contributed by atoms with Gasteiger partial charge in [-0.1, -0.05) is 29.8 Å². The summed E-state index contributed by atoms with van der Waals surface area (Å²) in [5, 5.41) is 3.43. The quantitative estimate of drug-likeness (QED) is 0.565. The van der Waals surface area contributed by atoms with Crippen molar-refractivity contribution < 1.29 is 18.7 Å². The Morgan fingerprint density at radius 2 is 1.89 bits per heavy atom. The Balaban J connectivity index is 1.19. The highest BCUT2D eigenvalue weighted by molar-refractivity contribution is 6.33. The second-order valence-corrected chi connectivity index (χ2v) is 9.49. The summed E-state index contributed by atoms with van der Waals surface area (Å²) in [6.45, 7) is 3.65. The van der Waals surface area contributed by atoms with Crippen molar-refractivity contribution in [3.05, 3.63) is 82.1 Å². The van der Waals surface area contributed by atoms with Crippen LogP contribution in [0.5, 0.6) is 0 Å². The minimum absolute atomic E-state index is 0.0811. The highest BCUT2D eigenvalue weighted by atomic mass is 35.5. The zero-order chi connectivity index (χ0) is 24.5. The number of fused-ring (bicyclic) bond motifs is 1. The van der Waals surface area contributed by atoms with E-state index in [4.69, 9.17) is 16.3 Å². The second-order valence-electron chi connectivity index (χ2n) is 9.08. The Labute approximate surface area is 207 Å². The highest BCUT2D eigenvalue weighted by Gasteiger charge is 2.32. The molecule has 1 aromatic heterocycles. The summed E-state index contributed by atoms with van der Waals surface area (Å²) >= 11 is 6.24. The lowest BCUT2D eigenvalue weighted by Gasteiger charge is -2.31. The van der Waals surface area contributed by atoms with Crippen molar-refractivity contribution in [3.63, 3.8) is 0 Å². The molecular weight excluding hydrogens is 471 g/mol. The molecule has 2 amide bonds. The number of hydrogen-bond donors (Lipinski definition) is 1. The third kappa shape index (κ3) is 4.94. The van der Waals surface area contributed by atoms with E-state index in [1.807, 2.05) is 23.6 Å². The van der Waals surface area contributed by atoms with Gasteiger partial charge in [0.1, 0.15) is 11.9 Å². The van der Waals surface area contributed by atoms with Gasteiger partial charge in [-0.3, -0.25) is 9.59 Å². The molecule has 2 aliphatic heterocycles. The molecule has 1 saturated heterocycles. The predicted octanol–water partition coefficient (Wildman–Crippen LogP) is 4.75. The maximum atomic E-state index is 13.2. The number of benzene rings is 2. The zero-order valence-electron chi connectivity index (χ0n) is 19.3. The summed E-state index contributed by atoms with van der Waals surface area (Å²) in [5.74, 6) is -0.710. The molecule has 0 aliphatic carbocycles. The van der Waals surface area contributed by atoms with Crippen molar-refractivity contribution in [2.45, 2.75) is 39.0 Å². The molecule has 9 heteroatoms. The van der Waals surface area contributed by atoms with E-state index in [0.717, 1.165) is 16.8 Å². The average Bonchev–Trinajstić information content (AvgIpc) is 3.29. The lowest BCUT2D eigenvalue weighted by Crippen LogP contribution is -2.42. The minimum atomic E-state index is -0.291. The molecule has 1 N–H and O–H groups in total. The maximum absolute atomic E-state index is 13.2. The van der Waals surface area contributed by atoms with E-state index in [-0.39, 0.29) is 36.3 Å². The summed E-state index contributed by atoms with van der Waals surface area (Å²) in [5.41, 5.74) is 3.63. The summed E-state index contributed by atoms with van der Waals surface area (Å²) in [4.78, 5) is 32.1. The maximum Gasteiger partial charge on any atom is 0.274 e. The van der Waals surface area contributed by atoms with Gasteiger partial charge in [-0.2, -0.15) is 0 Å². The average molecular weight is 497 g/mol. The molecule has 0 spiro atoms. The van der Waals surface area contributed by atoms with E-state index in [2.05, 4.69) is 10.3 Å². The van der Waals surface area contributed by atoms with Crippen molar-refractivity contribution in [3.8, 4) is 0 Å². The smallest absolute Gasteiger partial charge is 0.274 e. The van der Waals surface area contributed by atoms with Crippen LogP contribution in [-0.2, 0) is 22.7 Å². The van der Waals surface area contributed by atoms with Gasteiger partial charge in [0.2, 0.25) is 5.91 Å². The molecule has 3 aromatic rings. The number of rotatable bonds is 4. The van der Waals surface area contributed by atoms with E-state index >= 15 is 0 Å². The molecule has 35 heavy (non-hydrogen) atoms. The second kappa shape index (κ2) is 9.79. The molecule has 7 nitrogen and oxygen atoms in total. The number of ether oxygens (including phenoxy) is 1. The van der Waals surface area contributed by atoms with Gasteiger partial charge in [0.05, 0.1) is 35.9 Å². The fourth-order valence-corrected chi connectivity index (χ4v) is 4.92. The molecule has 1 fully saturated rings. The minimum Gasteiger partial charge on any atom is -0.365 e. The topological polar surface area (TPSA) is 76.5 Å². The van der Waals surface area contributed by atoms with E-state index in [0.29, 0.717) is 48.9 Å². The van der Waals surface area contributed by atoms with Crippen LogP contribution in [0.15, 0.2) is 48.8 Å². The molecule has 0 saturated carbocycles. The number of amides is 2. The largest absolute Gasteiger partial charge is 0.365 e. The summed E-state index contributed by atoms with van der Waals surface area (Å²) < 4.78 is 21.1. The van der Waals surface area contributed by atoms with E-state index in [9.17, 15) is 14.0 Å². The number of likely N-dealkylation sites (tertiary alicyclic amines) is 1. The van der Waals surface area contributed by atoms with Gasteiger partial charge in [-0.05, 0) is 55.2 Å². The highest BCUT2D eigenvalue weighted by Crippen LogP contribution is 2.30. The number of imidazole rings is 1. The van der Waals surface area contributed by atoms with Crippen molar-refractivity contribution in [2.24, 2.45) is 5.92 Å². The first-order chi connectivity index (χ1) is 16.9. The Kier molecular flexibility index (Phi) is 6.58. The number of aromatic nitrogens is 2. The lowest BCUT2D eigenvalue weighted by atomic mass is 9.95. The molecule has 2 aliphatic rings. The number of hydrogen-bond acceptors (Lipinski definition) is 4. The molecule has 1 atom stereocenters. The van der Waals surface area contributed by atoms with Crippen LogP contribution in [0.1, 0.15) is 46.3 Å². The van der Waals surface area contributed by atoms with Crippen LogP contribution in [0.25, 0.3) is 0 Å². The van der Waals surface area contributed by atoms with Gasteiger partial charge < -0.3 is 19.5 Å². The van der Waals surface area contributed by atoms with Gasteiger partial charge in [0.15, 0.2) is 5.69 Å². The molecule has 0 unspecified atom stereocenters. The van der Waals surface area contributed by atoms with Gasteiger partial charge in [-0.25, -0.2) is 9.37 Å². The van der Waals surface area contributed by atoms with Crippen LogP contribution in [-0.4, -0.2) is 39.4 Å². The number of carbonyl (C=O) groups excluding carboxylic acids is 2. The standard InChI is InChI=1S/C26H26ClFN4O3/c1-16-2-7-21(20(27)12-16)30-25(33)18-8-10-31(11-9-18)26(34)24-22-14-35-23(13-32(22)15-29-24)17-3-5-19(28)6-4-17/h2-7,12,15,18,23H,8-11,13-14H2,1H3,(H,30,33)/t23-/m1/s1. The SMILES string of the molecule is Cc1ccc(NC(=O)C2CCN(C(=O)c3ncn4c3CO[C@@H](c3ccc(F)cc3)C4)CC2)c(Cl)c1. The fraction of sp³-hybridized carbons (Fsp3) is 0.346. The van der Waals surface area contributed by atoms with E-state index in [1.54, 1.807) is 29.4 Å². The van der Waals surface area contributed by atoms with Crippen LogP contribution in [0, 0.1) is 18.7 Å². The van der Waals surface area contributed by atoms with E-state index < -0.39 is 0 Å². The molecule has 0 bridgehead atoms. The fourth-order valence-electron chi connectivity index (χ4n) is 4.64. The summed E-state index contributed by atoms with van der Waals surface area (Å²) in [6, 6.07) is 11.8. The molecule has 0 radical (unpaired) electrons. The molecular formula is C26H26ClFN4O3. The first-order valence-corrected chi connectivity index (χ1v) is 12.0. The first kappa shape index (κ1) is 23.5. The third-order valence-corrected chi connectivity index (χ3v) is 7.02. The van der Waals surface area contributed by atoms with Crippen molar-refractivity contribution in [2.75, 3.05) is 18.4 Å². The Morgan fingerprint density at radius 1 is 1.14 bits per heavy atom. The number of halogens is 2. The predicted molar refractivity (Wildman–Crippen MR) is 130 cm³/mol. The van der Waals surface area contributed by atoms with Gasteiger partial charge in [0.25, 0.3) is 5.91 Å². The Hall–Kier alpha value is -3.23. The Bertz CT molecular complexity index is 1250. The van der Waals surface area contributed by atoms with Crippen LogP contribution < -0.4 is 5.32 Å². The first-order valence-electron chi connectivity index (χ1n) is 11.7. The normalized spacial score (nSPS) is 18.3. The van der Waals surface area contributed by atoms with Gasteiger partial charge in [0, 0.05) is 19.0 Å². The van der Waals surface area contributed by atoms with Crippen molar-refractivity contribution in [1.82, 2.24) is 14.5 Å². The molecule has 182 valence electrons. The number of nitrogens with zero attached hydrogens (tertiary/aromatic N) is 3. The van der Waals surface area contributed by atoms with Crippen LogP contribution in [0.3, 0.4) is 0 Å². The van der Waals surface area contributed by atoms with Gasteiger partial charge >= 0.3 is 0 Å². The molecule has 3 heterocycles. The third-order valence-electron chi connectivity index (χ3n) is 6.71. The monoisotopic (exact) mass is 496 g/mol. The van der Waals surface area contributed by atoms with Crippen LogP contribution >= 0.6 is 11.6 Å². The van der Waals surface area contributed by atoms with E-state index in [1.165, 1.54) is 12.1 Å². The van der Waals surface area contributed by atoms with Crippen molar-refractivity contribution in [1.29, 1.82) is 0 Å². The number of aryl methyl sites for hydroxylation is 1. The van der Waals surface area contributed by atoms with Crippen LogP contribution in [0.2, 0.25) is 5.02 Å². The number of piperidine rings is 1.